The highest BCUT2D eigenvalue weighted by Crippen LogP contribution is 2.27. The van der Waals surface area contributed by atoms with Crippen LogP contribution < -0.4 is 11.1 Å². The lowest BCUT2D eigenvalue weighted by Crippen LogP contribution is -2.06. The summed E-state index contributed by atoms with van der Waals surface area (Å²) in [5.41, 5.74) is 8.19. The minimum absolute atomic E-state index is 0.275. The van der Waals surface area contributed by atoms with Gasteiger partial charge in [0, 0.05) is 6.54 Å². The minimum Gasteiger partial charge on any atom is -0.382 e. The molecule has 19 heavy (non-hydrogen) atoms. The first-order chi connectivity index (χ1) is 9.11. The Kier molecular flexibility index (Phi) is 4.51. The number of pyridine rings is 1. The Labute approximate surface area is 122 Å². The average molecular weight is 296 g/mol. The first kappa shape index (κ1) is 14.0. The molecule has 0 aliphatic carbocycles. The molecule has 2 aromatic rings. The van der Waals surface area contributed by atoms with Gasteiger partial charge < -0.3 is 11.1 Å². The summed E-state index contributed by atoms with van der Waals surface area (Å²) in [6.07, 6.45) is 0.988. The fourth-order valence-corrected chi connectivity index (χ4v) is 2.28. The summed E-state index contributed by atoms with van der Waals surface area (Å²) in [4.78, 5) is 4.15. The zero-order valence-corrected chi connectivity index (χ0v) is 12.1. The Morgan fingerprint density at radius 1 is 1.16 bits per heavy atom. The molecule has 0 radical (unpaired) electrons. The Morgan fingerprint density at radius 3 is 2.53 bits per heavy atom. The lowest BCUT2D eigenvalue weighted by Gasteiger charge is -2.11. The minimum atomic E-state index is 0.275. The third kappa shape index (κ3) is 3.31. The van der Waals surface area contributed by atoms with Gasteiger partial charge in [-0.2, -0.15) is 0 Å². The Morgan fingerprint density at radius 2 is 1.84 bits per heavy atom. The molecule has 1 aromatic heterocycles. The summed E-state index contributed by atoms with van der Waals surface area (Å²) in [5.74, 6) is 0.826. The van der Waals surface area contributed by atoms with Crippen molar-refractivity contribution in [2.45, 2.75) is 19.9 Å². The van der Waals surface area contributed by atoms with Crippen molar-refractivity contribution in [3.8, 4) is 0 Å². The number of hydrogen-bond acceptors (Lipinski definition) is 3. The Bertz CT molecular complexity index is 585. The van der Waals surface area contributed by atoms with E-state index in [2.05, 4.69) is 29.4 Å². The Balaban J connectivity index is 2.17. The standard InChI is InChI=1S/C14H15Cl2N3/c1-2-9-5-3-4-6-10(9)8-18-14-12(16)7-11(15)13(17)19-14/h3-7H,2,8H2,1H3,(H3,17,18,19). The number of nitrogens with two attached hydrogens (primary N) is 1. The molecule has 1 heterocycles. The normalized spacial score (nSPS) is 10.5. The second-order valence-electron chi connectivity index (χ2n) is 4.16. The summed E-state index contributed by atoms with van der Waals surface area (Å²) in [6, 6.07) is 9.84. The van der Waals surface area contributed by atoms with E-state index in [0.717, 1.165) is 6.42 Å². The molecule has 0 fully saturated rings. The highest BCUT2D eigenvalue weighted by atomic mass is 35.5. The Hall–Kier alpha value is -1.45. The first-order valence-corrected chi connectivity index (χ1v) is 6.79. The largest absolute Gasteiger partial charge is 0.382 e. The predicted octanol–water partition coefficient (Wildman–Crippen LogP) is 4.15. The van der Waals surface area contributed by atoms with Crippen LogP contribution in [0.2, 0.25) is 10.0 Å². The number of aromatic nitrogens is 1. The molecular weight excluding hydrogens is 281 g/mol. The molecule has 100 valence electrons. The number of nitrogens with zero attached hydrogens (tertiary/aromatic N) is 1. The van der Waals surface area contributed by atoms with E-state index in [0.29, 0.717) is 22.4 Å². The third-order valence-electron chi connectivity index (χ3n) is 2.90. The fourth-order valence-electron chi connectivity index (χ4n) is 1.86. The van der Waals surface area contributed by atoms with Crippen LogP contribution >= 0.6 is 23.2 Å². The van der Waals surface area contributed by atoms with Gasteiger partial charge in [-0.15, -0.1) is 0 Å². The molecule has 0 unspecified atom stereocenters. The summed E-state index contributed by atoms with van der Waals surface area (Å²) in [7, 11) is 0. The highest BCUT2D eigenvalue weighted by molar-refractivity contribution is 6.37. The lowest BCUT2D eigenvalue weighted by molar-refractivity contribution is 1.03. The van der Waals surface area contributed by atoms with Crippen molar-refractivity contribution in [3.63, 3.8) is 0 Å². The van der Waals surface area contributed by atoms with E-state index in [1.807, 2.05) is 12.1 Å². The van der Waals surface area contributed by atoms with Crippen molar-refractivity contribution >= 4 is 34.8 Å². The second-order valence-corrected chi connectivity index (χ2v) is 4.98. The highest BCUT2D eigenvalue weighted by Gasteiger charge is 2.07. The number of benzene rings is 1. The topological polar surface area (TPSA) is 50.9 Å². The summed E-state index contributed by atoms with van der Waals surface area (Å²) in [5, 5.41) is 4.02. The maximum absolute atomic E-state index is 6.08. The van der Waals surface area contributed by atoms with Gasteiger partial charge in [-0.3, -0.25) is 0 Å². The quantitative estimate of drug-likeness (QED) is 0.891. The fraction of sp³-hybridized carbons (Fsp3) is 0.214. The van der Waals surface area contributed by atoms with E-state index in [1.54, 1.807) is 6.07 Å². The smallest absolute Gasteiger partial charge is 0.147 e. The molecule has 5 heteroatoms. The lowest BCUT2D eigenvalue weighted by atomic mass is 10.1. The van der Waals surface area contributed by atoms with Crippen LogP contribution in [0.3, 0.4) is 0 Å². The van der Waals surface area contributed by atoms with E-state index in [-0.39, 0.29) is 5.82 Å². The van der Waals surface area contributed by atoms with Crippen molar-refractivity contribution in [2.75, 3.05) is 11.1 Å². The molecule has 0 saturated heterocycles. The number of rotatable bonds is 4. The molecule has 0 amide bonds. The SMILES string of the molecule is CCc1ccccc1CNc1nc(N)c(Cl)cc1Cl. The molecule has 0 aliphatic rings. The maximum atomic E-state index is 6.08. The van der Waals surface area contributed by atoms with Crippen molar-refractivity contribution in [1.82, 2.24) is 4.98 Å². The van der Waals surface area contributed by atoms with E-state index in [1.165, 1.54) is 11.1 Å². The van der Waals surface area contributed by atoms with Crippen LogP contribution in [-0.4, -0.2) is 4.98 Å². The van der Waals surface area contributed by atoms with Crippen LogP contribution in [0.1, 0.15) is 18.1 Å². The number of nitrogens with one attached hydrogen (secondary N) is 1. The molecule has 0 bridgehead atoms. The molecule has 3 nitrogen and oxygen atoms in total. The second kappa shape index (κ2) is 6.13. The molecule has 0 saturated carbocycles. The van der Waals surface area contributed by atoms with Gasteiger partial charge in [0.25, 0.3) is 0 Å². The zero-order chi connectivity index (χ0) is 13.8. The van der Waals surface area contributed by atoms with Gasteiger partial charge in [-0.05, 0) is 23.6 Å². The van der Waals surface area contributed by atoms with Crippen LogP contribution in [0.25, 0.3) is 0 Å². The third-order valence-corrected chi connectivity index (χ3v) is 3.49. The number of hydrogen-bond donors (Lipinski definition) is 2. The summed E-state index contributed by atoms with van der Waals surface area (Å²) in [6.45, 7) is 2.78. The molecule has 1 aromatic carbocycles. The van der Waals surface area contributed by atoms with Gasteiger partial charge in [0.15, 0.2) is 0 Å². The van der Waals surface area contributed by atoms with E-state index >= 15 is 0 Å². The molecule has 0 aliphatic heterocycles. The van der Waals surface area contributed by atoms with Gasteiger partial charge in [-0.25, -0.2) is 4.98 Å². The van der Waals surface area contributed by atoms with E-state index in [4.69, 9.17) is 28.9 Å². The van der Waals surface area contributed by atoms with Gasteiger partial charge in [-0.1, -0.05) is 54.4 Å². The van der Waals surface area contributed by atoms with Gasteiger partial charge >= 0.3 is 0 Å². The predicted molar refractivity (Wildman–Crippen MR) is 81.8 cm³/mol. The van der Waals surface area contributed by atoms with Crippen molar-refractivity contribution < 1.29 is 0 Å². The molecule has 0 atom stereocenters. The average Bonchev–Trinajstić information content (AvgIpc) is 2.41. The van der Waals surface area contributed by atoms with Crippen LogP contribution in [0, 0.1) is 0 Å². The number of halogens is 2. The molecule has 3 N–H and O–H groups in total. The number of aryl methyl sites for hydroxylation is 1. The zero-order valence-electron chi connectivity index (χ0n) is 10.6. The van der Waals surface area contributed by atoms with Crippen molar-refractivity contribution in [1.29, 1.82) is 0 Å². The molecule has 2 rings (SSSR count). The molecular formula is C14H15Cl2N3. The number of anilines is 2. The van der Waals surface area contributed by atoms with Gasteiger partial charge in [0.1, 0.15) is 11.6 Å². The van der Waals surface area contributed by atoms with Gasteiger partial charge in [0.2, 0.25) is 0 Å². The van der Waals surface area contributed by atoms with E-state index < -0.39 is 0 Å². The molecule has 0 spiro atoms. The van der Waals surface area contributed by atoms with Crippen molar-refractivity contribution in [3.05, 3.63) is 51.5 Å². The number of nitrogen functional groups attached to an aromatic ring is 1. The van der Waals surface area contributed by atoms with Crippen LogP contribution in [0.4, 0.5) is 11.6 Å². The van der Waals surface area contributed by atoms with Gasteiger partial charge in [0.05, 0.1) is 10.0 Å². The van der Waals surface area contributed by atoms with E-state index in [9.17, 15) is 0 Å². The van der Waals surface area contributed by atoms with Crippen LogP contribution in [-0.2, 0) is 13.0 Å². The van der Waals surface area contributed by atoms with Crippen molar-refractivity contribution in [2.24, 2.45) is 0 Å². The monoisotopic (exact) mass is 295 g/mol. The first-order valence-electron chi connectivity index (χ1n) is 6.04. The summed E-state index contributed by atoms with van der Waals surface area (Å²) >= 11 is 11.9. The summed E-state index contributed by atoms with van der Waals surface area (Å²) < 4.78 is 0. The maximum Gasteiger partial charge on any atom is 0.147 e. The van der Waals surface area contributed by atoms with Crippen LogP contribution in [0.15, 0.2) is 30.3 Å². The van der Waals surface area contributed by atoms with Crippen LogP contribution in [0.5, 0.6) is 0 Å².